The predicted octanol–water partition coefficient (Wildman–Crippen LogP) is 5.60. The van der Waals surface area contributed by atoms with Gasteiger partial charge in [0.05, 0.1) is 127 Å². The molecule has 9 N–H and O–H groups in total. The molecular formula is C59H116N6O20S4. The molecule has 0 spiro atoms. The van der Waals surface area contributed by atoms with Gasteiger partial charge in [-0.2, -0.15) is 0 Å². The van der Waals surface area contributed by atoms with Crippen LogP contribution in [0.2, 0.25) is 0 Å². The summed E-state index contributed by atoms with van der Waals surface area (Å²) in [7, 11) is 6.44. The maximum Gasteiger partial charge on any atom is 0.331 e. The molecule has 89 heavy (non-hydrogen) atoms. The second-order valence-electron chi connectivity index (χ2n) is 19.1. The summed E-state index contributed by atoms with van der Waals surface area (Å²) in [4.78, 5) is 96.0. The van der Waals surface area contributed by atoms with Crippen LogP contribution in [0.25, 0.3) is 0 Å². The van der Waals surface area contributed by atoms with Gasteiger partial charge in [0.2, 0.25) is 11.8 Å². The first-order chi connectivity index (χ1) is 42.1. The monoisotopic (exact) mass is 1360 g/mol. The molecule has 4 atom stereocenters. The number of thioether (sulfide) groups is 2. The average molecular weight is 1360 g/mol. The Hall–Kier alpha value is -3.34. The van der Waals surface area contributed by atoms with E-state index in [0.717, 1.165) is 57.0 Å². The summed E-state index contributed by atoms with van der Waals surface area (Å²) >= 11 is 3.93. The highest BCUT2D eigenvalue weighted by Gasteiger charge is 2.34. The summed E-state index contributed by atoms with van der Waals surface area (Å²) in [6.45, 7) is 32.2. The number of esters is 1. The normalized spacial score (nSPS) is 12.3. The van der Waals surface area contributed by atoms with Gasteiger partial charge in [0, 0.05) is 102 Å². The van der Waals surface area contributed by atoms with Crippen LogP contribution in [0.4, 0.5) is 0 Å². The Kier molecular flexibility index (Phi) is 73.2. The Balaban J connectivity index is -0.000000408. The molecule has 0 aromatic heterocycles. The lowest BCUT2D eigenvalue weighted by molar-refractivity contribution is -0.143. The van der Waals surface area contributed by atoms with E-state index in [0.29, 0.717) is 83.3 Å². The molecule has 2 amide bonds. The molecule has 0 aliphatic heterocycles. The van der Waals surface area contributed by atoms with Crippen molar-refractivity contribution in [1.82, 2.24) is 31.9 Å². The maximum atomic E-state index is 13.2. The summed E-state index contributed by atoms with van der Waals surface area (Å²) in [6.07, 6.45) is 0.0304. The molecule has 0 saturated carbocycles. The van der Waals surface area contributed by atoms with Crippen molar-refractivity contribution in [2.45, 2.75) is 131 Å². The zero-order valence-electron chi connectivity index (χ0n) is 54.7. The second-order valence-corrected chi connectivity index (χ2v) is 25.6. The molecule has 0 rings (SSSR count). The van der Waals surface area contributed by atoms with Crippen molar-refractivity contribution in [3.8, 4) is 0 Å². The summed E-state index contributed by atoms with van der Waals surface area (Å²) in [5.74, 6) is -5.41. The molecule has 0 aliphatic carbocycles. The summed E-state index contributed by atoms with van der Waals surface area (Å²) < 4.78 is 46.5. The standard InChI is InChI=1S/C27H45N3O12.C12H27NO2S2.C10H19NO4.C9H21NO2S2.CH4/c1-5-41-10-11-42-9-8-29-26(39)18(14-23(35)36)13-21(32)25(16(2)3)30-27(40)17(6-7-22(33)34)12-20(31)19(28-4)15-24(37)38;1-5-14-9-10-15-8-7-13-11-17-12(3,4)16-6-2;1-3-14-8-9-15-7-6-11-5-4-10(12)13-2;1-3-11-7-8-12-6-5-10-9-14-13-4-2;/h16-19,25,28H,5-15H2,1-4H3,(H,29,39)(H,30,40)(H,33,34)(H,35,36)(H,37,38);13H,5-11H2,1-4H3;4-5,11H,3,6-9H2,1-2H3;10H,3-9H2,1-2H3;1H4/b;;5-4+;;. The van der Waals surface area contributed by atoms with E-state index in [4.69, 9.17) is 48.1 Å². The van der Waals surface area contributed by atoms with Crippen LogP contribution in [0.15, 0.2) is 12.3 Å². The van der Waals surface area contributed by atoms with Crippen LogP contribution in [-0.2, 0) is 81.0 Å². The van der Waals surface area contributed by atoms with E-state index in [1.165, 1.54) is 32.2 Å². The molecule has 0 aromatic carbocycles. The molecule has 0 bridgehead atoms. The number of Topliss-reactive ketones (excluding diaryl/α,β-unsaturated/α-hetero) is 2. The van der Waals surface area contributed by atoms with E-state index in [9.17, 15) is 43.5 Å². The lowest BCUT2D eigenvalue weighted by atomic mass is 9.88. The van der Waals surface area contributed by atoms with Crippen molar-refractivity contribution in [2.24, 2.45) is 17.8 Å². The molecule has 0 heterocycles. The lowest BCUT2D eigenvalue weighted by Gasteiger charge is -2.26. The molecule has 26 nitrogen and oxygen atoms in total. The number of aliphatic carboxylic acids is 3. The van der Waals surface area contributed by atoms with E-state index < -0.39 is 103 Å². The van der Waals surface area contributed by atoms with Crippen LogP contribution >= 0.6 is 45.1 Å². The van der Waals surface area contributed by atoms with Gasteiger partial charge in [0.1, 0.15) is 0 Å². The zero-order chi connectivity index (χ0) is 67.1. The summed E-state index contributed by atoms with van der Waals surface area (Å²) in [5, 5.41) is 44.6. The van der Waals surface area contributed by atoms with Crippen LogP contribution < -0.4 is 31.9 Å². The van der Waals surface area contributed by atoms with Crippen molar-refractivity contribution in [2.75, 3.05) is 169 Å². The first-order valence-corrected chi connectivity index (χ1v) is 34.5. The van der Waals surface area contributed by atoms with Crippen molar-refractivity contribution in [3.63, 3.8) is 0 Å². The van der Waals surface area contributed by atoms with Crippen molar-refractivity contribution in [1.29, 1.82) is 0 Å². The number of carboxylic acids is 3. The first kappa shape index (κ1) is 94.4. The van der Waals surface area contributed by atoms with Crippen LogP contribution in [0, 0.1) is 17.8 Å². The second kappa shape index (κ2) is 69.0. The van der Waals surface area contributed by atoms with Crippen LogP contribution in [0.3, 0.4) is 0 Å². The quantitative estimate of drug-likeness (QED) is 0.0118. The van der Waals surface area contributed by atoms with Gasteiger partial charge in [-0.15, -0.1) is 23.5 Å². The fourth-order valence-corrected chi connectivity index (χ4v) is 10.4. The molecule has 526 valence electrons. The highest BCUT2D eigenvalue weighted by Crippen LogP contribution is 2.35. The Morgan fingerprint density at radius 1 is 0.528 bits per heavy atom. The SMILES string of the molecule is C.CCOCCOCCN/C=C/C(=O)OC.CCOCCOCCNC(=O)C(CC(=O)O)CC(=O)C(NC(=O)C(CCC(=O)O)CC(=O)C(CC(=O)O)NC)C(C)C.CCOCCOCCNCSC(C)(C)SCC.CCOCCOCCNCSSCC. The molecule has 4 unspecified atom stereocenters. The van der Waals surface area contributed by atoms with Crippen LogP contribution in [0.5, 0.6) is 0 Å². The van der Waals surface area contributed by atoms with Gasteiger partial charge < -0.3 is 89.9 Å². The highest BCUT2D eigenvalue weighted by atomic mass is 33.1. The van der Waals surface area contributed by atoms with E-state index >= 15 is 0 Å². The largest absolute Gasteiger partial charge is 0.481 e. The van der Waals surface area contributed by atoms with Crippen molar-refractivity contribution >= 4 is 92.4 Å². The number of ketones is 2. The number of carbonyl (C=O) groups is 8. The predicted molar refractivity (Wildman–Crippen MR) is 357 cm³/mol. The zero-order valence-corrected chi connectivity index (χ0v) is 57.9. The molecule has 30 heteroatoms. The molecule has 0 radical (unpaired) electrons. The van der Waals surface area contributed by atoms with E-state index in [-0.39, 0.29) is 33.0 Å². The fourth-order valence-electron chi connectivity index (χ4n) is 6.76. The number of methoxy groups -OCH3 is 1. The number of nitrogens with one attached hydrogen (secondary N) is 6. The topological polar surface area (TPSA) is 352 Å². The number of rotatable bonds is 57. The molecule has 0 aliphatic rings. The van der Waals surface area contributed by atoms with Gasteiger partial charge in [0.25, 0.3) is 0 Å². The van der Waals surface area contributed by atoms with E-state index in [1.54, 1.807) is 13.8 Å². The Bertz CT molecular complexity index is 1770. The van der Waals surface area contributed by atoms with Crippen molar-refractivity contribution < 1.29 is 96.3 Å². The highest BCUT2D eigenvalue weighted by molar-refractivity contribution is 8.76. The number of likely N-dealkylation sites (N-methyl/N-ethyl adjacent to an activating group) is 1. The Morgan fingerprint density at radius 3 is 1.44 bits per heavy atom. The maximum absolute atomic E-state index is 13.2. The summed E-state index contributed by atoms with van der Waals surface area (Å²) in [5.41, 5.74) is 0. The minimum Gasteiger partial charge on any atom is -0.481 e. The number of carboxylic acid groups (broad SMARTS) is 3. The minimum absolute atomic E-state index is 0. The smallest absolute Gasteiger partial charge is 0.331 e. The Labute approximate surface area is 548 Å². The average Bonchev–Trinajstić information content (AvgIpc) is 3.58. The third-order valence-electron chi connectivity index (χ3n) is 11.2. The molecule has 0 aromatic rings. The molecule has 0 fully saturated rings. The molecular weight excluding hydrogens is 1240 g/mol. The number of hydrogen-bond acceptors (Lipinski definition) is 25. The minimum atomic E-state index is -1.30. The third kappa shape index (κ3) is 67.4. The number of carbonyl (C=O) groups excluding carboxylic acids is 5. The lowest BCUT2D eigenvalue weighted by Crippen LogP contribution is -2.49. The first-order valence-electron chi connectivity index (χ1n) is 30.1. The van der Waals surface area contributed by atoms with Gasteiger partial charge >= 0.3 is 23.9 Å². The van der Waals surface area contributed by atoms with Gasteiger partial charge in [-0.3, -0.25) is 33.6 Å². The number of hydrogen-bond donors (Lipinski definition) is 9. The summed E-state index contributed by atoms with van der Waals surface area (Å²) in [6, 6.07) is -2.26. The third-order valence-corrected chi connectivity index (χ3v) is 16.2. The van der Waals surface area contributed by atoms with Crippen LogP contribution in [-0.4, -0.2) is 248 Å². The van der Waals surface area contributed by atoms with Crippen molar-refractivity contribution in [3.05, 3.63) is 12.3 Å². The fraction of sp³-hybridized carbons (Fsp3) is 0.831. The van der Waals surface area contributed by atoms with Gasteiger partial charge in [0.15, 0.2) is 11.6 Å². The Morgan fingerprint density at radius 2 is 1.00 bits per heavy atom. The van der Waals surface area contributed by atoms with E-state index in [1.807, 2.05) is 72.8 Å². The van der Waals surface area contributed by atoms with Gasteiger partial charge in [-0.25, -0.2) is 4.79 Å². The van der Waals surface area contributed by atoms with E-state index in [2.05, 4.69) is 64.3 Å². The number of amides is 2. The van der Waals surface area contributed by atoms with Gasteiger partial charge in [-0.05, 0) is 66.7 Å². The molecule has 0 saturated heterocycles. The van der Waals surface area contributed by atoms with Gasteiger partial charge in [-0.1, -0.05) is 56.7 Å². The number of ether oxygens (including phenoxy) is 9. The van der Waals surface area contributed by atoms with Crippen LogP contribution in [0.1, 0.15) is 115 Å².